The van der Waals surface area contributed by atoms with Crippen LogP contribution in [0.1, 0.15) is 5.56 Å². The molecule has 18 heavy (non-hydrogen) atoms. The summed E-state index contributed by atoms with van der Waals surface area (Å²) in [7, 11) is 1.12. The Kier molecular flexibility index (Phi) is 4.11. The molecular weight excluding hydrogens is 240 g/mol. The summed E-state index contributed by atoms with van der Waals surface area (Å²) in [6.07, 6.45) is -1.52. The van der Waals surface area contributed by atoms with E-state index in [-0.39, 0.29) is 12.2 Å². The molecule has 0 aliphatic rings. The minimum absolute atomic E-state index is 0.0608. The van der Waals surface area contributed by atoms with E-state index in [0.717, 1.165) is 7.11 Å². The van der Waals surface area contributed by atoms with Gasteiger partial charge in [0.05, 0.1) is 7.11 Å². The predicted octanol–water partition coefficient (Wildman–Crippen LogP) is 0.0303. The average molecular weight is 254 g/mol. The van der Waals surface area contributed by atoms with E-state index in [4.69, 9.17) is 15.9 Å². The van der Waals surface area contributed by atoms with Gasteiger partial charge in [-0.2, -0.15) is 0 Å². The molecule has 0 aliphatic heterocycles. The number of hydrogen-bond acceptors (Lipinski definition) is 5. The molecule has 0 saturated heterocycles. The van der Waals surface area contributed by atoms with Gasteiger partial charge in [-0.15, -0.1) is 0 Å². The molecule has 7 nitrogen and oxygen atoms in total. The summed E-state index contributed by atoms with van der Waals surface area (Å²) in [6, 6.07) is 5.88. The highest BCUT2D eigenvalue weighted by Gasteiger charge is 2.37. The quantitative estimate of drug-likeness (QED) is 0.444. The number of methoxy groups -OCH3 is 1. The van der Waals surface area contributed by atoms with Gasteiger partial charge in [0.25, 0.3) is 0 Å². The molecule has 98 valence electrons. The smallest absolute Gasteiger partial charge is 0.406 e. The molecule has 7 heteroatoms. The van der Waals surface area contributed by atoms with Crippen molar-refractivity contribution in [3.05, 3.63) is 29.8 Å². The second kappa shape index (κ2) is 5.37. The van der Waals surface area contributed by atoms with Crippen LogP contribution in [0.25, 0.3) is 0 Å². The van der Waals surface area contributed by atoms with Crippen LogP contribution >= 0.6 is 0 Å². The van der Waals surface area contributed by atoms with Crippen molar-refractivity contribution in [1.82, 2.24) is 5.32 Å². The molecule has 0 spiro atoms. The van der Waals surface area contributed by atoms with E-state index < -0.39 is 17.7 Å². The lowest BCUT2D eigenvalue weighted by Gasteiger charge is -2.26. The van der Waals surface area contributed by atoms with Crippen LogP contribution in [-0.4, -0.2) is 35.0 Å². The number of hydrogen-bond donors (Lipinski definition) is 4. The summed E-state index contributed by atoms with van der Waals surface area (Å²) in [5, 5.41) is 19.7. The molecule has 0 unspecified atom stereocenters. The first-order valence-corrected chi connectivity index (χ1v) is 5.03. The first-order chi connectivity index (χ1) is 8.37. The summed E-state index contributed by atoms with van der Waals surface area (Å²) < 4.78 is 4.47. The largest absolute Gasteiger partial charge is 0.508 e. The molecule has 1 amide bonds. The first kappa shape index (κ1) is 13.8. The molecule has 1 atom stereocenters. The van der Waals surface area contributed by atoms with Crippen molar-refractivity contribution in [3.63, 3.8) is 0 Å². The van der Waals surface area contributed by atoms with Crippen LogP contribution in [0, 0.1) is 0 Å². The number of ether oxygens (including phenoxy) is 1. The third kappa shape index (κ3) is 3.36. The zero-order valence-corrected chi connectivity index (χ0v) is 9.71. The molecule has 1 rings (SSSR count). The highest BCUT2D eigenvalue weighted by atomic mass is 16.5. The summed E-state index contributed by atoms with van der Waals surface area (Å²) >= 11 is 0. The molecule has 0 fully saturated rings. The number of carbonyl (C=O) groups excluding carboxylic acids is 1. The molecule has 0 heterocycles. The minimum atomic E-state index is -1.86. The molecule has 5 N–H and O–H groups in total. The van der Waals surface area contributed by atoms with Gasteiger partial charge in [-0.05, 0) is 17.7 Å². The predicted molar refractivity (Wildman–Crippen MR) is 61.9 cm³/mol. The number of carbonyl (C=O) groups is 2. The number of rotatable bonds is 4. The van der Waals surface area contributed by atoms with E-state index in [0.29, 0.717) is 5.56 Å². The second-order valence-corrected chi connectivity index (χ2v) is 3.74. The van der Waals surface area contributed by atoms with Gasteiger partial charge < -0.3 is 14.9 Å². The van der Waals surface area contributed by atoms with E-state index in [1.807, 2.05) is 5.32 Å². The Balaban J connectivity index is 2.94. The molecule has 0 saturated carbocycles. The average Bonchev–Trinajstić information content (AvgIpc) is 2.30. The van der Waals surface area contributed by atoms with Gasteiger partial charge in [-0.25, -0.2) is 9.59 Å². The number of aromatic hydroxyl groups is 1. The SMILES string of the molecule is COC(=O)[C@@](N)(Cc1ccc(O)cc1)NC(=O)O. The molecule has 0 bridgehead atoms. The Morgan fingerprint density at radius 3 is 2.39 bits per heavy atom. The van der Waals surface area contributed by atoms with Gasteiger partial charge in [0.2, 0.25) is 0 Å². The van der Waals surface area contributed by atoms with Crippen LogP contribution in [0.15, 0.2) is 24.3 Å². The minimum Gasteiger partial charge on any atom is -0.508 e. The highest BCUT2D eigenvalue weighted by molar-refractivity contribution is 5.84. The number of carboxylic acid groups (broad SMARTS) is 1. The first-order valence-electron chi connectivity index (χ1n) is 5.03. The third-order valence-corrected chi connectivity index (χ3v) is 2.30. The number of nitrogens with two attached hydrogens (primary N) is 1. The molecule has 0 radical (unpaired) electrons. The Labute approximate surface area is 103 Å². The lowest BCUT2D eigenvalue weighted by molar-refractivity contribution is -0.148. The molecule has 1 aromatic carbocycles. The number of nitrogens with one attached hydrogen (secondary N) is 1. The van der Waals surface area contributed by atoms with Gasteiger partial charge in [-0.3, -0.25) is 11.1 Å². The van der Waals surface area contributed by atoms with Crippen LogP contribution < -0.4 is 11.1 Å². The van der Waals surface area contributed by atoms with E-state index in [9.17, 15) is 9.59 Å². The second-order valence-electron chi connectivity index (χ2n) is 3.74. The van der Waals surface area contributed by atoms with Crippen LogP contribution in [0.5, 0.6) is 5.75 Å². The maximum Gasteiger partial charge on any atom is 0.406 e. The fraction of sp³-hybridized carbons (Fsp3) is 0.273. The number of amides is 1. The molecule has 0 aliphatic carbocycles. The van der Waals surface area contributed by atoms with E-state index in [2.05, 4.69) is 4.74 Å². The van der Waals surface area contributed by atoms with Gasteiger partial charge in [0, 0.05) is 6.42 Å². The van der Waals surface area contributed by atoms with Crippen molar-refractivity contribution in [3.8, 4) is 5.75 Å². The Morgan fingerprint density at radius 1 is 1.39 bits per heavy atom. The number of benzene rings is 1. The number of phenols is 1. The highest BCUT2D eigenvalue weighted by Crippen LogP contribution is 2.14. The lowest BCUT2D eigenvalue weighted by Crippen LogP contribution is -2.63. The van der Waals surface area contributed by atoms with Crippen molar-refractivity contribution in [2.75, 3.05) is 7.11 Å². The van der Waals surface area contributed by atoms with E-state index in [1.165, 1.54) is 24.3 Å². The Morgan fingerprint density at radius 2 is 1.94 bits per heavy atom. The van der Waals surface area contributed by atoms with Crippen molar-refractivity contribution >= 4 is 12.1 Å². The Hall–Kier alpha value is -2.28. The normalized spacial score (nSPS) is 13.4. The molecule has 0 aromatic heterocycles. The van der Waals surface area contributed by atoms with Gasteiger partial charge in [0.15, 0.2) is 5.66 Å². The fourth-order valence-electron chi connectivity index (χ4n) is 1.48. The zero-order chi connectivity index (χ0) is 13.8. The summed E-state index contributed by atoms with van der Waals surface area (Å²) in [6.45, 7) is 0. The van der Waals surface area contributed by atoms with Crippen molar-refractivity contribution in [2.24, 2.45) is 5.73 Å². The van der Waals surface area contributed by atoms with Gasteiger partial charge in [0.1, 0.15) is 5.75 Å². The maximum atomic E-state index is 11.5. The van der Waals surface area contributed by atoms with Crippen molar-refractivity contribution in [2.45, 2.75) is 12.1 Å². The van der Waals surface area contributed by atoms with Crippen LogP contribution in [0.2, 0.25) is 0 Å². The number of esters is 1. The Bertz CT molecular complexity index is 445. The van der Waals surface area contributed by atoms with Crippen LogP contribution in [0.4, 0.5) is 4.79 Å². The summed E-state index contributed by atoms with van der Waals surface area (Å²) in [4.78, 5) is 22.2. The monoisotopic (exact) mass is 254 g/mol. The van der Waals surface area contributed by atoms with Crippen LogP contribution in [-0.2, 0) is 16.0 Å². The third-order valence-electron chi connectivity index (χ3n) is 2.30. The van der Waals surface area contributed by atoms with Crippen LogP contribution in [0.3, 0.4) is 0 Å². The lowest BCUT2D eigenvalue weighted by atomic mass is 10.0. The standard InChI is InChI=1S/C11H14N2O5/c1-18-9(15)11(12,13-10(16)17)6-7-2-4-8(14)5-3-7/h2-5,13-14H,6,12H2,1H3,(H,16,17)/t11-/m1/s1. The topological polar surface area (TPSA) is 122 Å². The van der Waals surface area contributed by atoms with Crippen molar-refractivity contribution < 1.29 is 24.5 Å². The maximum absolute atomic E-state index is 11.5. The van der Waals surface area contributed by atoms with E-state index in [1.54, 1.807) is 0 Å². The molecular formula is C11H14N2O5. The number of phenolic OH excluding ortho intramolecular Hbond substituents is 1. The fourth-order valence-corrected chi connectivity index (χ4v) is 1.48. The summed E-state index contributed by atoms with van der Waals surface area (Å²) in [5.74, 6) is -0.830. The van der Waals surface area contributed by atoms with Crippen molar-refractivity contribution in [1.29, 1.82) is 0 Å². The zero-order valence-electron chi connectivity index (χ0n) is 9.71. The van der Waals surface area contributed by atoms with E-state index >= 15 is 0 Å². The van der Waals surface area contributed by atoms with Gasteiger partial charge >= 0.3 is 12.1 Å². The summed E-state index contributed by atoms with van der Waals surface area (Å²) in [5.41, 5.74) is 4.41. The van der Waals surface area contributed by atoms with Gasteiger partial charge in [-0.1, -0.05) is 12.1 Å². The molecule has 1 aromatic rings.